The van der Waals surface area contributed by atoms with Gasteiger partial charge in [-0.3, -0.25) is 4.79 Å². The molecule has 0 aliphatic carbocycles. The van der Waals surface area contributed by atoms with Gasteiger partial charge in [0, 0.05) is 11.9 Å². The molecule has 2 rings (SSSR count). The first-order chi connectivity index (χ1) is 5.81. The lowest BCUT2D eigenvalue weighted by molar-refractivity contribution is 0.111. The second-order valence-corrected chi connectivity index (χ2v) is 2.68. The van der Waals surface area contributed by atoms with Gasteiger partial charge < -0.3 is 4.40 Å². The van der Waals surface area contributed by atoms with E-state index in [4.69, 9.17) is 0 Å². The summed E-state index contributed by atoms with van der Waals surface area (Å²) in [4.78, 5) is 14.5. The topological polar surface area (TPSA) is 34.4 Å². The molecule has 0 fully saturated rings. The zero-order valence-corrected chi connectivity index (χ0v) is 6.69. The molecule has 0 amide bonds. The van der Waals surface area contributed by atoms with Crippen LogP contribution in [0.3, 0.4) is 0 Å². The zero-order chi connectivity index (χ0) is 8.55. The van der Waals surface area contributed by atoms with Crippen molar-refractivity contribution in [3.8, 4) is 0 Å². The molecule has 0 unspecified atom stereocenters. The molecule has 0 aliphatic heterocycles. The number of nitrogens with zero attached hydrogens (tertiary/aromatic N) is 2. The Morgan fingerprint density at radius 1 is 1.50 bits per heavy atom. The average Bonchev–Trinajstić information content (AvgIpc) is 2.49. The van der Waals surface area contributed by atoms with Crippen LogP contribution in [-0.4, -0.2) is 15.7 Å². The average molecular weight is 160 g/mol. The summed E-state index contributed by atoms with van der Waals surface area (Å²) in [6, 6.07) is 5.77. The second-order valence-electron chi connectivity index (χ2n) is 2.68. The fraction of sp³-hybridized carbons (Fsp3) is 0.111. The van der Waals surface area contributed by atoms with Gasteiger partial charge in [-0.25, -0.2) is 4.98 Å². The van der Waals surface area contributed by atoms with Gasteiger partial charge in [-0.1, -0.05) is 6.07 Å². The van der Waals surface area contributed by atoms with Crippen LogP contribution in [0.25, 0.3) is 5.65 Å². The lowest BCUT2D eigenvalue weighted by Crippen LogP contribution is -1.86. The van der Waals surface area contributed by atoms with E-state index in [0.717, 1.165) is 17.6 Å². The van der Waals surface area contributed by atoms with E-state index in [1.807, 2.05) is 29.5 Å². The highest BCUT2D eigenvalue weighted by molar-refractivity contribution is 5.73. The van der Waals surface area contributed by atoms with Crippen LogP contribution in [-0.2, 0) is 0 Å². The maximum atomic E-state index is 10.4. The van der Waals surface area contributed by atoms with Crippen molar-refractivity contribution in [3.63, 3.8) is 0 Å². The Morgan fingerprint density at radius 2 is 2.33 bits per heavy atom. The fourth-order valence-corrected chi connectivity index (χ4v) is 1.22. The molecule has 2 heterocycles. The van der Waals surface area contributed by atoms with Crippen molar-refractivity contribution in [2.75, 3.05) is 0 Å². The van der Waals surface area contributed by atoms with Crippen molar-refractivity contribution in [2.24, 2.45) is 0 Å². The molecule has 12 heavy (non-hydrogen) atoms. The Morgan fingerprint density at radius 3 is 3.00 bits per heavy atom. The molecule has 60 valence electrons. The third kappa shape index (κ3) is 0.906. The molecule has 0 aromatic carbocycles. The second kappa shape index (κ2) is 2.44. The summed E-state index contributed by atoms with van der Waals surface area (Å²) in [5.41, 5.74) is 2.37. The molecule has 3 nitrogen and oxygen atoms in total. The Labute approximate surface area is 69.7 Å². The number of imidazole rings is 1. The Balaban J connectivity index is 2.82. The van der Waals surface area contributed by atoms with Crippen molar-refractivity contribution in [1.29, 1.82) is 0 Å². The molecule has 3 heteroatoms. The largest absolute Gasteiger partial charge is 0.304 e. The number of aldehydes is 1. The van der Waals surface area contributed by atoms with Gasteiger partial charge in [0.1, 0.15) is 11.3 Å². The summed E-state index contributed by atoms with van der Waals surface area (Å²) in [6.45, 7) is 1.98. The van der Waals surface area contributed by atoms with Gasteiger partial charge in [0.05, 0.1) is 0 Å². The number of fused-ring (bicyclic) bond motifs is 1. The van der Waals surface area contributed by atoms with E-state index in [-0.39, 0.29) is 0 Å². The van der Waals surface area contributed by atoms with E-state index >= 15 is 0 Å². The van der Waals surface area contributed by atoms with Gasteiger partial charge in [0.15, 0.2) is 6.29 Å². The molecule has 0 aliphatic rings. The van der Waals surface area contributed by atoms with Crippen LogP contribution in [0.15, 0.2) is 24.4 Å². The predicted molar refractivity (Wildman–Crippen MR) is 45.3 cm³/mol. The van der Waals surface area contributed by atoms with Crippen LogP contribution in [0.2, 0.25) is 0 Å². The Kier molecular flexibility index (Phi) is 1.43. The number of carbonyl (C=O) groups is 1. The highest BCUT2D eigenvalue weighted by Crippen LogP contribution is 2.06. The Hall–Kier alpha value is -1.64. The summed E-state index contributed by atoms with van der Waals surface area (Å²) in [6.07, 6.45) is 2.49. The van der Waals surface area contributed by atoms with E-state index in [9.17, 15) is 4.79 Å². The van der Waals surface area contributed by atoms with Crippen molar-refractivity contribution >= 4 is 11.9 Å². The van der Waals surface area contributed by atoms with Gasteiger partial charge in [-0.05, 0) is 19.1 Å². The van der Waals surface area contributed by atoms with Crippen molar-refractivity contribution in [3.05, 3.63) is 35.8 Å². The smallest absolute Gasteiger partial charge is 0.170 e. The molecule has 0 N–H and O–H groups in total. The van der Waals surface area contributed by atoms with Crippen LogP contribution in [0.5, 0.6) is 0 Å². The molecule has 0 bridgehead atoms. The highest BCUT2D eigenvalue weighted by Gasteiger charge is 1.99. The third-order valence-corrected chi connectivity index (χ3v) is 1.84. The number of aromatic nitrogens is 2. The maximum absolute atomic E-state index is 10.4. The van der Waals surface area contributed by atoms with E-state index in [2.05, 4.69) is 4.98 Å². The van der Waals surface area contributed by atoms with E-state index < -0.39 is 0 Å². The standard InChI is InChI=1S/C9H8N2O/c1-7-3-2-4-9-10-8(6-12)5-11(7)9/h2-6H,1H3. The number of carbonyl (C=O) groups excluding carboxylic acids is 1. The monoisotopic (exact) mass is 160 g/mol. The van der Waals surface area contributed by atoms with Crippen molar-refractivity contribution in [1.82, 2.24) is 9.38 Å². The van der Waals surface area contributed by atoms with Crippen molar-refractivity contribution in [2.45, 2.75) is 6.92 Å². The molecular formula is C9H8N2O. The summed E-state index contributed by atoms with van der Waals surface area (Å²) in [5.74, 6) is 0. The molecule has 0 saturated heterocycles. The van der Waals surface area contributed by atoms with Gasteiger partial charge in [0.2, 0.25) is 0 Å². The summed E-state index contributed by atoms with van der Waals surface area (Å²) in [7, 11) is 0. The lowest BCUT2D eigenvalue weighted by Gasteiger charge is -1.95. The first kappa shape index (κ1) is 7.03. The number of pyridine rings is 1. The fourth-order valence-electron chi connectivity index (χ4n) is 1.22. The lowest BCUT2D eigenvalue weighted by atomic mass is 10.4. The van der Waals surface area contributed by atoms with Gasteiger partial charge in [0.25, 0.3) is 0 Å². The minimum Gasteiger partial charge on any atom is -0.304 e. The Bertz CT molecular complexity index is 431. The van der Waals surface area contributed by atoms with E-state index in [0.29, 0.717) is 5.69 Å². The van der Waals surface area contributed by atoms with Crippen LogP contribution < -0.4 is 0 Å². The molecule has 0 spiro atoms. The number of aryl methyl sites for hydroxylation is 1. The van der Waals surface area contributed by atoms with Gasteiger partial charge >= 0.3 is 0 Å². The van der Waals surface area contributed by atoms with Crippen LogP contribution in [0, 0.1) is 6.92 Å². The van der Waals surface area contributed by atoms with Crippen LogP contribution in [0.4, 0.5) is 0 Å². The molecule has 2 aromatic rings. The summed E-state index contributed by atoms with van der Waals surface area (Å²) < 4.78 is 1.89. The van der Waals surface area contributed by atoms with Crippen LogP contribution >= 0.6 is 0 Å². The third-order valence-electron chi connectivity index (χ3n) is 1.84. The number of hydrogen-bond donors (Lipinski definition) is 0. The molecule has 0 atom stereocenters. The quantitative estimate of drug-likeness (QED) is 0.592. The minimum atomic E-state index is 0.476. The molecule has 2 aromatic heterocycles. The molecule has 0 saturated carbocycles. The van der Waals surface area contributed by atoms with Crippen molar-refractivity contribution < 1.29 is 4.79 Å². The first-order valence-corrected chi connectivity index (χ1v) is 3.71. The van der Waals surface area contributed by atoms with Gasteiger partial charge in [-0.15, -0.1) is 0 Å². The maximum Gasteiger partial charge on any atom is 0.170 e. The van der Waals surface area contributed by atoms with Gasteiger partial charge in [-0.2, -0.15) is 0 Å². The summed E-state index contributed by atoms with van der Waals surface area (Å²) >= 11 is 0. The van der Waals surface area contributed by atoms with E-state index in [1.54, 1.807) is 6.20 Å². The SMILES string of the molecule is Cc1cccc2nc(C=O)cn12. The summed E-state index contributed by atoms with van der Waals surface area (Å²) in [5, 5.41) is 0. The molecule has 0 radical (unpaired) electrons. The highest BCUT2D eigenvalue weighted by atomic mass is 16.1. The zero-order valence-electron chi connectivity index (χ0n) is 6.69. The first-order valence-electron chi connectivity index (χ1n) is 3.71. The normalized spacial score (nSPS) is 10.4. The van der Waals surface area contributed by atoms with E-state index in [1.165, 1.54) is 0 Å². The van der Waals surface area contributed by atoms with Crippen LogP contribution in [0.1, 0.15) is 16.2 Å². The minimum absolute atomic E-state index is 0.476. The number of rotatable bonds is 1. The predicted octanol–water partition coefficient (Wildman–Crippen LogP) is 1.46. The molecular weight excluding hydrogens is 152 g/mol. The number of hydrogen-bond acceptors (Lipinski definition) is 2.